The lowest BCUT2D eigenvalue weighted by atomic mass is 9.58. The van der Waals surface area contributed by atoms with E-state index in [-0.39, 0.29) is 32.3 Å². The first-order valence-corrected chi connectivity index (χ1v) is 14.8. The molecule has 4 aromatic rings. The van der Waals surface area contributed by atoms with Crippen molar-refractivity contribution in [1.82, 2.24) is 0 Å². The molecule has 5 N–H and O–H groups in total. The fourth-order valence-corrected chi connectivity index (χ4v) is 6.57. The minimum Gasteiger partial charge on any atom is -0.390 e. The quantitative estimate of drug-likeness (QED) is 0.185. The van der Waals surface area contributed by atoms with Crippen molar-refractivity contribution in [3.8, 4) is 0 Å². The molecule has 0 aliphatic carbocycles. The summed E-state index contributed by atoms with van der Waals surface area (Å²) < 4.78 is 12.6. The maximum Gasteiger partial charge on any atom is 0.190 e. The molecule has 4 aromatic carbocycles. The molecule has 1 aliphatic rings. The Morgan fingerprint density at radius 2 is 1.09 bits per heavy atom. The monoisotopic (exact) mass is 583 g/mol. The van der Waals surface area contributed by atoms with Crippen LogP contribution in [0.25, 0.3) is 0 Å². The first-order valence-electron chi connectivity index (χ1n) is 14.8. The average Bonchev–Trinajstić information content (AvgIpc) is 3.03. The number of nitrogens with two attached hydrogens (primary N) is 1. The second-order valence-electron chi connectivity index (χ2n) is 11.4. The lowest BCUT2D eigenvalue weighted by Crippen LogP contribution is -2.84. The molecule has 43 heavy (non-hydrogen) atoms. The van der Waals surface area contributed by atoms with E-state index in [1.807, 2.05) is 121 Å². The molecule has 226 valence electrons. The second kappa shape index (κ2) is 13.5. The lowest BCUT2D eigenvalue weighted by Gasteiger charge is -2.62. The van der Waals surface area contributed by atoms with Gasteiger partial charge in [0.2, 0.25) is 0 Å². The summed E-state index contributed by atoms with van der Waals surface area (Å²) in [7, 11) is 0. The second-order valence-corrected chi connectivity index (χ2v) is 11.4. The number of rotatable bonds is 12. The molecule has 0 aromatic heterocycles. The van der Waals surface area contributed by atoms with Crippen LogP contribution in [-0.2, 0) is 40.0 Å². The van der Waals surface area contributed by atoms with Crippen molar-refractivity contribution >= 4 is 0 Å². The largest absolute Gasteiger partial charge is 0.390 e. The number of aliphatic hydroxyl groups excluding tert-OH is 1. The van der Waals surface area contributed by atoms with Crippen LogP contribution in [0.3, 0.4) is 0 Å². The van der Waals surface area contributed by atoms with Gasteiger partial charge < -0.3 is 24.8 Å². The fraction of sp³-hybridized carbons (Fsp3) is 0.333. The van der Waals surface area contributed by atoms with Gasteiger partial charge in [-0.15, -0.1) is 0 Å². The zero-order valence-corrected chi connectivity index (χ0v) is 24.5. The van der Waals surface area contributed by atoms with E-state index >= 15 is 0 Å². The van der Waals surface area contributed by atoms with Crippen LogP contribution in [0.1, 0.15) is 29.2 Å². The van der Waals surface area contributed by atoms with E-state index in [0.717, 1.165) is 22.3 Å². The first kappa shape index (κ1) is 31.0. The minimum atomic E-state index is -2.04. The fourth-order valence-electron chi connectivity index (χ4n) is 6.57. The lowest BCUT2D eigenvalue weighted by molar-refractivity contribution is -0.416. The van der Waals surface area contributed by atoms with Gasteiger partial charge in [-0.2, -0.15) is 0 Å². The average molecular weight is 584 g/mol. The molecule has 7 heteroatoms. The smallest absolute Gasteiger partial charge is 0.190 e. The third-order valence-corrected chi connectivity index (χ3v) is 8.61. The number of hydrogen-bond acceptors (Lipinski definition) is 7. The summed E-state index contributed by atoms with van der Waals surface area (Å²) in [5.41, 5.74) is -2.77. The van der Waals surface area contributed by atoms with Gasteiger partial charge in [0.15, 0.2) is 17.5 Å². The predicted molar refractivity (Wildman–Crippen MR) is 165 cm³/mol. The molecule has 1 fully saturated rings. The summed E-state index contributed by atoms with van der Waals surface area (Å²) in [4.78, 5) is 5.99. The van der Waals surface area contributed by atoms with Crippen LogP contribution < -0.4 is 5.90 Å². The predicted octanol–water partition coefficient (Wildman–Crippen LogP) is 4.17. The Kier molecular flexibility index (Phi) is 9.74. The SMILES string of the molecule is CCO[C@H]1O[C@@H](C(O)Cc2ccccc2)[C@@](O)(Cc2ccccc2)[C@@](Cc2ccccc2)(ON)[C@@]1(O)Cc1ccccc1. The van der Waals surface area contributed by atoms with Crippen molar-refractivity contribution in [2.45, 2.75) is 67.9 Å². The Morgan fingerprint density at radius 3 is 1.53 bits per heavy atom. The highest BCUT2D eigenvalue weighted by Gasteiger charge is 2.74. The molecule has 0 saturated carbocycles. The van der Waals surface area contributed by atoms with Crippen LogP contribution in [0.2, 0.25) is 0 Å². The normalized spacial score (nSPS) is 27.9. The molecule has 1 heterocycles. The van der Waals surface area contributed by atoms with Crippen LogP contribution in [0.5, 0.6) is 0 Å². The van der Waals surface area contributed by atoms with Gasteiger partial charge in [0.1, 0.15) is 11.7 Å². The molecule has 1 saturated heterocycles. The van der Waals surface area contributed by atoms with Gasteiger partial charge in [-0.1, -0.05) is 121 Å². The van der Waals surface area contributed by atoms with E-state index in [1.54, 1.807) is 6.92 Å². The Bertz CT molecular complexity index is 1410. The summed E-state index contributed by atoms with van der Waals surface area (Å²) in [6, 6.07) is 37.8. The molecule has 0 bridgehead atoms. The molecule has 0 spiro atoms. The van der Waals surface area contributed by atoms with Crippen LogP contribution in [0, 0.1) is 0 Å². The van der Waals surface area contributed by atoms with Crippen LogP contribution in [0.15, 0.2) is 121 Å². The molecular formula is C36H41NO6. The Labute approximate surface area is 253 Å². The summed E-state index contributed by atoms with van der Waals surface area (Å²) in [6.45, 7) is 2.00. The Morgan fingerprint density at radius 1 is 0.674 bits per heavy atom. The van der Waals surface area contributed by atoms with Crippen molar-refractivity contribution in [3.05, 3.63) is 144 Å². The van der Waals surface area contributed by atoms with Gasteiger partial charge in [-0.25, -0.2) is 5.90 Å². The van der Waals surface area contributed by atoms with Gasteiger partial charge in [0.25, 0.3) is 0 Å². The van der Waals surface area contributed by atoms with E-state index < -0.39 is 35.3 Å². The summed E-state index contributed by atoms with van der Waals surface area (Å²) in [5.74, 6) is 6.31. The van der Waals surface area contributed by atoms with Crippen molar-refractivity contribution < 1.29 is 29.6 Å². The Balaban J connectivity index is 1.73. The Hall–Kier alpha value is -3.40. The number of benzene rings is 4. The van der Waals surface area contributed by atoms with Crippen molar-refractivity contribution in [2.75, 3.05) is 6.61 Å². The highest BCUT2D eigenvalue weighted by atomic mass is 16.7. The molecular weight excluding hydrogens is 542 g/mol. The van der Waals surface area contributed by atoms with Gasteiger partial charge >= 0.3 is 0 Å². The van der Waals surface area contributed by atoms with E-state index in [1.165, 1.54) is 0 Å². The molecule has 7 nitrogen and oxygen atoms in total. The van der Waals surface area contributed by atoms with Crippen molar-refractivity contribution in [3.63, 3.8) is 0 Å². The number of aliphatic hydroxyl groups is 3. The third-order valence-electron chi connectivity index (χ3n) is 8.61. The topological polar surface area (TPSA) is 114 Å². The van der Waals surface area contributed by atoms with Crippen LogP contribution in [0.4, 0.5) is 0 Å². The highest BCUT2D eigenvalue weighted by Crippen LogP contribution is 2.52. The van der Waals surface area contributed by atoms with Crippen molar-refractivity contribution in [1.29, 1.82) is 0 Å². The van der Waals surface area contributed by atoms with Gasteiger partial charge in [0, 0.05) is 32.3 Å². The molecule has 6 atom stereocenters. The van der Waals surface area contributed by atoms with E-state index in [2.05, 4.69) is 0 Å². The highest BCUT2D eigenvalue weighted by molar-refractivity contribution is 5.33. The van der Waals surface area contributed by atoms with Gasteiger partial charge in [-0.3, -0.25) is 4.84 Å². The summed E-state index contributed by atoms with van der Waals surface area (Å²) in [6.07, 6.45) is -3.58. The molecule has 0 amide bonds. The maximum absolute atomic E-state index is 13.2. The van der Waals surface area contributed by atoms with Gasteiger partial charge in [-0.05, 0) is 29.2 Å². The molecule has 5 rings (SSSR count). The van der Waals surface area contributed by atoms with Crippen molar-refractivity contribution in [2.24, 2.45) is 5.90 Å². The maximum atomic E-state index is 13.2. The zero-order valence-electron chi connectivity index (χ0n) is 24.5. The van der Waals surface area contributed by atoms with Crippen LogP contribution in [-0.4, -0.2) is 57.2 Å². The third kappa shape index (κ3) is 6.16. The number of hydrogen-bond donors (Lipinski definition) is 4. The zero-order chi connectivity index (χ0) is 30.3. The number of ether oxygens (including phenoxy) is 2. The van der Waals surface area contributed by atoms with Gasteiger partial charge in [0.05, 0.1) is 6.10 Å². The standard InChI is InChI=1S/C36H41NO6/c1-2-41-33-35(40,25-29-19-11-5-12-20-29)36(43-37,26-30-21-13-6-14-22-30)34(39,24-28-17-9-4-10-18-28)32(42-33)31(38)23-27-15-7-3-8-16-27/h3-22,31-33,38-40H,2,23-26,37H2,1H3/t31?,32-,33-,34-,35+,36+/m0/s1. The van der Waals surface area contributed by atoms with E-state index in [0.29, 0.717) is 0 Å². The van der Waals surface area contributed by atoms with E-state index in [4.69, 9.17) is 20.2 Å². The molecule has 1 aliphatic heterocycles. The minimum absolute atomic E-state index is 0.00113. The van der Waals surface area contributed by atoms with Crippen LogP contribution >= 0.6 is 0 Å². The molecule has 0 radical (unpaired) electrons. The first-order chi connectivity index (χ1) is 20.8. The summed E-state index contributed by atoms with van der Waals surface area (Å²) >= 11 is 0. The molecule has 1 unspecified atom stereocenters. The van der Waals surface area contributed by atoms with E-state index in [9.17, 15) is 15.3 Å². The summed E-state index contributed by atoms with van der Waals surface area (Å²) in [5, 5.41) is 38.1.